The van der Waals surface area contributed by atoms with Crippen molar-refractivity contribution < 1.29 is 14.3 Å². The summed E-state index contributed by atoms with van der Waals surface area (Å²) in [5.41, 5.74) is 1.87. The number of benzene rings is 2. The molecule has 4 aromatic rings. The van der Waals surface area contributed by atoms with Crippen LogP contribution in [-0.4, -0.2) is 30.1 Å². The van der Waals surface area contributed by atoms with Gasteiger partial charge in [-0.1, -0.05) is 12.1 Å². The van der Waals surface area contributed by atoms with Gasteiger partial charge in [0.1, 0.15) is 11.5 Å². The zero-order valence-corrected chi connectivity index (χ0v) is 17.2. The number of pyridine rings is 2. The number of rotatable bonds is 6. The number of ether oxygens (including phenoxy) is 2. The van der Waals surface area contributed by atoms with Crippen molar-refractivity contribution in [3.8, 4) is 11.5 Å². The fraction of sp³-hybridized carbons (Fsp3) is 0.125. The van der Waals surface area contributed by atoms with Gasteiger partial charge in [-0.2, -0.15) is 0 Å². The third-order valence-electron chi connectivity index (χ3n) is 5.01. The Kier molecular flexibility index (Phi) is 5.66. The van der Waals surface area contributed by atoms with Crippen molar-refractivity contribution >= 4 is 22.5 Å². The number of fused-ring (bicyclic) bond motifs is 1. The first-order valence-electron chi connectivity index (χ1n) is 9.65. The molecule has 0 aliphatic heterocycles. The van der Waals surface area contributed by atoms with Gasteiger partial charge in [-0.25, -0.2) is 0 Å². The summed E-state index contributed by atoms with van der Waals surface area (Å²) in [6.45, 7) is 0.0683. The van der Waals surface area contributed by atoms with Crippen LogP contribution in [0.25, 0.3) is 10.9 Å². The molecule has 4 rings (SSSR count). The monoisotopic (exact) mass is 415 g/mol. The molecule has 1 N–H and O–H groups in total. The van der Waals surface area contributed by atoms with E-state index in [0.717, 1.165) is 5.39 Å². The van der Waals surface area contributed by atoms with Crippen molar-refractivity contribution in [2.24, 2.45) is 0 Å². The summed E-state index contributed by atoms with van der Waals surface area (Å²) in [5.74, 6) is 0.924. The quantitative estimate of drug-likeness (QED) is 0.518. The first kappa shape index (κ1) is 20.2. The number of aromatic nitrogens is 2. The molecule has 1 amide bonds. The molecule has 2 aromatic carbocycles. The van der Waals surface area contributed by atoms with E-state index in [1.165, 1.54) is 4.90 Å². The highest BCUT2D eigenvalue weighted by Crippen LogP contribution is 2.30. The molecule has 0 saturated carbocycles. The molecule has 2 aromatic heterocycles. The second kappa shape index (κ2) is 8.71. The first-order chi connectivity index (χ1) is 15.1. The van der Waals surface area contributed by atoms with Crippen molar-refractivity contribution in [1.82, 2.24) is 9.97 Å². The maximum absolute atomic E-state index is 13.4. The summed E-state index contributed by atoms with van der Waals surface area (Å²) in [4.78, 5) is 34.6. The predicted octanol–water partition coefficient (Wildman–Crippen LogP) is 3.79. The predicted molar refractivity (Wildman–Crippen MR) is 119 cm³/mol. The highest BCUT2D eigenvalue weighted by atomic mass is 16.5. The van der Waals surface area contributed by atoms with Gasteiger partial charge in [-0.15, -0.1) is 0 Å². The van der Waals surface area contributed by atoms with Crippen LogP contribution in [0.15, 0.2) is 77.9 Å². The van der Waals surface area contributed by atoms with Crippen LogP contribution in [0.1, 0.15) is 15.9 Å². The van der Waals surface area contributed by atoms with Gasteiger partial charge in [0.05, 0.1) is 32.0 Å². The van der Waals surface area contributed by atoms with Crippen molar-refractivity contribution in [3.63, 3.8) is 0 Å². The number of hydrogen-bond acceptors (Lipinski definition) is 5. The summed E-state index contributed by atoms with van der Waals surface area (Å²) >= 11 is 0. The molecule has 2 heterocycles. The van der Waals surface area contributed by atoms with Crippen molar-refractivity contribution in [2.75, 3.05) is 19.1 Å². The second-order valence-electron chi connectivity index (χ2n) is 6.88. The van der Waals surface area contributed by atoms with E-state index in [1.54, 1.807) is 63.0 Å². The van der Waals surface area contributed by atoms with E-state index in [4.69, 9.17) is 9.47 Å². The number of nitrogens with one attached hydrogen (secondary N) is 1. The molecule has 7 heteroatoms. The Morgan fingerprint density at radius 1 is 1.00 bits per heavy atom. The lowest BCUT2D eigenvalue weighted by molar-refractivity contribution is 0.0984. The Bertz CT molecular complexity index is 1290. The standard InChI is InChI=1S/C24H21N3O4/c1-30-19-8-7-17-13-18(23(28)26-20(17)14-19)15-27(21-5-3-4-6-22(21)31-2)24(29)16-9-11-25-12-10-16/h3-14H,15H2,1-2H3,(H,26,28). The number of para-hydroxylation sites is 2. The Labute approximate surface area is 178 Å². The zero-order valence-electron chi connectivity index (χ0n) is 17.2. The van der Waals surface area contributed by atoms with E-state index in [1.807, 2.05) is 24.3 Å². The summed E-state index contributed by atoms with van der Waals surface area (Å²) in [6, 6.07) is 17.7. The molecular formula is C24H21N3O4. The van der Waals surface area contributed by atoms with E-state index in [9.17, 15) is 9.59 Å². The Balaban J connectivity index is 1.80. The lowest BCUT2D eigenvalue weighted by atomic mass is 10.1. The maximum atomic E-state index is 13.4. The van der Waals surface area contributed by atoms with Crippen LogP contribution in [0.5, 0.6) is 11.5 Å². The van der Waals surface area contributed by atoms with Gasteiger partial charge in [0.15, 0.2) is 0 Å². The van der Waals surface area contributed by atoms with Gasteiger partial charge in [0.2, 0.25) is 0 Å². The molecule has 0 unspecified atom stereocenters. The van der Waals surface area contributed by atoms with Crippen molar-refractivity contribution in [2.45, 2.75) is 6.54 Å². The average molecular weight is 415 g/mol. The van der Waals surface area contributed by atoms with E-state index >= 15 is 0 Å². The van der Waals surface area contributed by atoms with Gasteiger partial charge in [0.25, 0.3) is 11.5 Å². The minimum absolute atomic E-state index is 0.0683. The van der Waals surface area contributed by atoms with E-state index in [-0.39, 0.29) is 18.0 Å². The second-order valence-corrected chi connectivity index (χ2v) is 6.88. The highest BCUT2D eigenvalue weighted by molar-refractivity contribution is 6.06. The minimum atomic E-state index is -0.275. The molecule has 0 saturated heterocycles. The Morgan fingerprint density at radius 2 is 1.77 bits per heavy atom. The molecule has 0 radical (unpaired) electrons. The van der Waals surface area contributed by atoms with Gasteiger partial charge >= 0.3 is 0 Å². The van der Waals surface area contributed by atoms with E-state index < -0.39 is 0 Å². The molecule has 0 bridgehead atoms. The fourth-order valence-electron chi connectivity index (χ4n) is 3.41. The molecule has 31 heavy (non-hydrogen) atoms. The lowest BCUT2D eigenvalue weighted by Crippen LogP contribution is -2.33. The molecule has 0 spiro atoms. The molecule has 0 aliphatic carbocycles. The van der Waals surface area contributed by atoms with Crippen LogP contribution in [0.4, 0.5) is 5.69 Å². The summed E-state index contributed by atoms with van der Waals surface area (Å²) in [7, 11) is 3.12. The smallest absolute Gasteiger partial charge is 0.258 e. The van der Waals surface area contributed by atoms with Gasteiger partial charge in [0, 0.05) is 29.6 Å². The number of H-pyrrole nitrogens is 1. The van der Waals surface area contributed by atoms with Crippen molar-refractivity contribution in [3.05, 3.63) is 94.5 Å². The highest BCUT2D eigenvalue weighted by Gasteiger charge is 2.22. The van der Waals surface area contributed by atoms with Gasteiger partial charge in [-0.3, -0.25) is 14.6 Å². The Morgan fingerprint density at radius 3 is 2.52 bits per heavy atom. The molecule has 156 valence electrons. The third-order valence-corrected chi connectivity index (χ3v) is 5.01. The topological polar surface area (TPSA) is 84.5 Å². The first-order valence-corrected chi connectivity index (χ1v) is 9.65. The molecule has 0 atom stereocenters. The lowest BCUT2D eigenvalue weighted by Gasteiger charge is -2.24. The van der Waals surface area contributed by atoms with Crippen LogP contribution in [0.3, 0.4) is 0 Å². The minimum Gasteiger partial charge on any atom is -0.497 e. The SMILES string of the molecule is COc1ccc2cc(CN(C(=O)c3ccncc3)c3ccccc3OC)c(=O)[nH]c2c1. The fourth-order valence-corrected chi connectivity index (χ4v) is 3.41. The normalized spacial score (nSPS) is 10.6. The average Bonchev–Trinajstić information content (AvgIpc) is 2.82. The molecule has 0 aliphatic rings. The van der Waals surface area contributed by atoms with E-state index in [0.29, 0.717) is 33.8 Å². The van der Waals surface area contributed by atoms with E-state index in [2.05, 4.69) is 9.97 Å². The number of amides is 1. The van der Waals surface area contributed by atoms with Crippen LogP contribution in [-0.2, 0) is 6.54 Å². The van der Waals surface area contributed by atoms with Crippen LogP contribution < -0.4 is 19.9 Å². The largest absolute Gasteiger partial charge is 0.497 e. The summed E-state index contributed by atoms with van der Waals surface area (Å²) in [6.07, 6.45) is 3.12. The van der Waals surface area contributed by atoms with Crippen LogP contribution in [0.2, 0.25) is 0 Å². The van der Waals surface area contributed by atoms with Gasteiger partial charge < -0.3 is 19.4 Å². The zero-order chi connectivity index (χ0) is 21.8. The van der Waals surface area contributed by atoms with Gasteiger partial charge in [-0.05, 0) is 47.9 Å². The maximum Gasteiger partial charge on any atom is 0.258 e. The molecule has 7 nitrogen and oxygen atoms in total. The number of anilines is 1. The van der Waals surface area contributed by atoms with Crippen LogP contribution >= 0.6 is 0 Å². The Hall–Kier alpha value is -4.13. The number of methoxy groups -OCH3 is 2. The van der Waals surface area contributed by atoms with Crippen LogP contribution in [0, 0.1) is 0 Å². The number of carbonyl (C=O) groups excluding carboxylic acids is 1. The number of aromatic amines is 1. The third kappa shape index (κ3) is 4.11. The summed E-state index contributed by atoms with van der Waals surface area (Å²) in [5, 5.41) is 0.840. The summed E-state index contributed by atoms with van der Waals surface area (Å²) < 4.78 is 10.7. The number of carbonyl (C=O) groups is 1. The molecular weight excluding hydrogens is 394 g/mol. The van der Waals surface area contributed by atoms with Crippen molar-refractivity contribution in [1.29, 1.82) is 0 Å². The molecule has 0 fully saturated rings. The number of hydrogen-bond donors (Lipinski definition) is 1. The number of nitrogens with zero attached hydrogens (tertiary/aromatic N) is 2.